The third kappa shape index (κ3) is 2.72. The second kappa shape index (κ2) is 5.67. The number of hydrogen-bond donors (Lipinski definition) is 3. The molecule has 126 valence electrons. The lowest BCUT2D eigenvalue weighted by Gasteiger charge is -2.40. The number of nitrogens with zero attached hydrogens (tertiary/aromatic N) is 1. The molecule has 6 heteroatoms. The van der Waals surface area contributed by atoms with Crippen LogP contribution in [0.1, 0.15) is 31.2 Å². The minimum atomic E-state index is -2.52. The Morgan fingerprint density at radius 2 is 1.91 bits per heavy atom. The Balaban J connectivity index is 1.50. The van der Waals surface area contributed by atoms with Gasteiger partial charge in [0.15, 0.2) is 0 Å². The minimum absolute atomic E-state index is 0.441. The fourth-order valence-corrected chi connectivity index (χ4v) is 5.23. The normalized spacial score (nSPS) is 27.8. The first kappa shape index (κ1) is 15.3. The number of nitrogens with two attached hydrogens (primary N) is 1. The standard InChI is InChI=1S/C17H25N3O2S/c18-15-4-1-12(5-8-19-23(21)22)9-16(15)20-10-13-2-3-14(11-20)17(13)6-7-17/h1,4,9,13-14,23H,2-3,5-8,10-11,18H2,(H,19,21,22)/t13-,14+. The van der Waals surface area contributed by atoms with Crippen LogP contribution in [0.25, 0.3) is 0 Å². The van der Waals surface area contributed by atoms with Gasteiger partial charge in [-0.3, -0.25) is 0 Å². The van der Waals surface area contributed by atoms with Gasteiger partial charge in [0.1, 0.15) is 0 Å². The van der Waals surface area contributed by atoms with Crippen molar-refractivity contribution in [3.8, 4) is 0 Å². The van der Waals surface area contributed by atoms with Crippen molar-refractivity contribution in [1.29, 1.82) is 0 Å². The van der Waals surface area contributed by atoms with Crippen LogP contribution < -0.4 is 15.4 Å². The summed E-state index contributed by atoms with van der Waals surface area (Å²) in [5.41, 5.74) is 10.0. The van der Waals surface area contributed by atoms with Crippen molar-refractivity contribution in [2.24, 2.45) is 17.3 Å². The third-order valence-electron chi connectivity index (χ3n) is 6.29. The van der Waals surface area contributed by atoms with Crippen LogP contribution in [0.2, 0.25) is 0 Å². The summed E-state index contributed by atoms with van der Waals surface area (Å²) in [6, 6.07) is 6.11. The van der Waals surface area contributed by atoms with Crippen molar-refractivity contribution in [2.75, 3.05) is 30.3 Å². The van der Waals surface area contributed by atoms with Crippen molar-refractivity contribution < 1.29 is 8.42 Å². The quantitative estimate of drug-likeness (QED) is 0.564. The SMILES string of the molecule is Nc1ccc(CCN[SH](=O)=O)cc1N1C[C@H]2CC[C@@H](C1)C21CC1. The lowest BCUT2D eigenvalue weighted by molar-refractivity contribution is 0.245. The van der Waals surface area contributed by atoms with Crippen LogP contribution in [-0.2, 0) is 17.3 Å². The minimum Gasteiger partial charge on any atom is -0.397 e. The highest BCUT2D eigenvalue weighted by Gasteiger charge is 2.60. The van der Waals surface area contributed by atoms with Crippen LogP contribution >= 0.6 is 0 Å². The number of thiol groups is 1. The highest BCUT2D eigenvalue weighted by atomic mass is 32.2. The number of nitrogen functional groups attached to an aromatic ring is 1. The van der Waals surface area contributed by atoms with Gasteiger partial charge in [0.25, 0.3) is 0 Å². The Kier molecular flexibility index (Phi) is 3.76. The van der Waals surface area contributed by atoms with Crippen molar-refractivity contribution in [1.82, 2.24) is 4.72 Å². The van der Waals surface area contributed by atoms with Crippen LogP contribution in [0.15, 0.2) is 18.2 Å². The Labute approximate surface area is 139 Å². The summed E-state index contributed by atoms with van der Waals surface area (Å²) in [6.45, 7) is 2.71. The zero-order valence-corrected chi connectivity index (χ0v) is 14.2. The zero-order chi connectivity index (χ0) is 16.0. The lowest BCUT2D eigenvalue weighted by Crippen LogP contribution is -2.43. The van der Waals surface area contributed by atoms with E-state index < -0.39 is 10.9 Å². The van der Waals surface area contributed by atoms with E-state index in [0.717, 1.165) is 41.9 Å². The van der Waals surface area contributed by atoms with Gasteiger partial charge < -0.3 is 10.6 Å². The van der Waals surface area contributed by atoms with Gasteiger partial charge in [-0.05, 0) is 67.1 Å². The molecule has 1 aliphatic heterocycles. The lowest BCUT2D eigenvalue weighted by atomic mass is 9.81. The molecule has 1 spiro atoms. The Morgan fingerprint density at radius 3 is 2.52 bits per heavy atom. The summed E-state index contributed by atoms with van der Waals surface area (Å²) in [4.78, 5) is 2.48. The first-order valence-corrected chi connectivity index (χ1v) is 9.77. The molecule has 23 heavy (non-hydrogen) atoms. The molecule has 1 saturated heterocycles. The monoisotopic (exact) mass is 335 g/mol. The molecule has 3 fully saturated rings. The first-order valence-electron chi connectivity index (χ1n) is 8.60. The fraction of sp³-hybridized carbons (Fsp3) is 0.647. The molecule has 0 aromatic heterocycles. The van der Waals surface area contributed by atoms with Gasteiger partial charge in [0.05, 0.1) is 11.4 Å². The molecule has 5 nitrogen and oxygen atoms in total. The molecular weight excluding hydrogens is 310 g/mol. The van der Waals surface area contributed by atoms with Crippen molar-refractivity contribution in [2.45, 2.75) is 32.1 Å². The molecule has 2 bridgehead atoms. The summed E-state index contributed by atoms with van der Waals surface area (Å²) in [7, 11) is -2.52. The number of piperidine rings is 1. The van der Waals surface area contributed by atoms with Gasteiger partial charge >= 0.3 is 0 Å². The number of anilines is 2. The smallest absolute Gasteiger partial charge is 0.201 e. The fourth-order valence-electron chi connectivity index (χ4n) is 4.93. The molecular formula is C17H25N3O2S. The van der Waals surface area contributed by atoms with Crippen molar-refractivity contribution in [3.05, 3.63) is 23.8 Å². The molecule has 0 unspecified atom stereocenters. The Hall–Kier alpha value is -1.27. The van der Waals surface area contributed by atoms with Gasteiger partial charge in [-0.15, -0.1) is 0 Å². The van der Waals surface area contributed by atoms with Gasteiger partial charge in [-0.1, -0.05) is 6.07 Å². The van der Waals surface area contributed by atoms with Gasteiger partial charge in [0, 0.05) is 19.6 Å². The Bertz CT molecular complexity index is 660. The molecule has 0 amide bonds. The van der Waals surface area contributed by atoms with Gasteiger partial charge in [-0.2, -0.15) is 0 Å². The van der Waals surface area contributed by atoms with Crippen LogP contribution in [-0.4, -0.2) is 28.1 Å². The topological polar surface area (TPSA) is 75.4 Å². The Morgan fingerprint density at radius 1 is 1.22 bits per heavy atom. The average molecular weight is 335 g/mol. The van der Waals surface area contributed by atoms with E-state index in [4.69, 9.17) is 5.73 Å². The number of rotatable bonds is 5. The highest BCUT2D eigenvalue weighted by molar-refractivity contribution is 7.70. The average Bonchev–Trinajstić information content (AvgIpc) is 3.25. The van der Waals surface area contributed by atoms with E-state index in [-0.39, 0.29) is 0 Å². The largest absolute Gasteiger partial charge is 0.397 e. The zero-order valence-electron chi connectivity index (χ0n) is 13.3. The molecule has 3 N–H and O–H groups in total. The number of nitrogens with one attached hydrogen (secondary N) is 1. The molecule has 2 saturated carbocycles. The van der Waals surface area contributed by atoms with Crippen LogP contribution in [0, 0.1) is 17.3 Å². The van der Waals surface area contributed by atoms with E-state index in [1.807, 2.05) is 12.1 Å². The van der Waals surface area contributed by atoms with Gasteiger partial charge in [0.2, 0.25) is 10.9 Å². The van der Waals surface area contributed by atoms with Gasteiger partial charge in [-0.25, -0.2) is 13.1 Å². The molecule has 4 rings (SSSR count). The van der Waals surface area contributed by atoms with Crippen LogP contribution in [0.3, 0.4) is 0 Å². The predicted octanol–water partition coefficient (Wildman–Crippen LogP) is 1.55. The molecule has 0 radical (unpaired) electrons. The van der Waals surface area contributed by atoms with Crippen LogP contribution in [0.5, 0.6) is 0 Å². The summed E-state index contributed by atoms with van der Waals surface area (Å²) in [6.07, 6.45) is 6.32. The molecule has 2 aliphatic carbocycles. The summed E-state index contributed by atoms with van der Waals surface area (Å²) in [5, 5.41) is 0. The van der Waals surface area contributed by atoms with Crippen molar-refractivity contribution >= 4 is 22.3 Å². The third-order valence-corrected chi connectivity index (χ3v) is 6.77. The molecule has 3 aliphatic rings. The summed E-state index contributed by atoms with van der Waals surface area (Å²) >= 11 is 0. The summed E-state index contributed by atoms with van der Waals surface area (Å²) < 4.78 is 23.7. The molecule has 1 aromatic rings. The second-order valence-electron chi connectivity index (χ2n) is 7.42. The second-order valence-corrected chi connectivity index (χ2v) is 8.25. The predicted molar refractivity (Wildman–Crippen MR) is 93.0 cm³/mol. The van der Waals surface area contributed by atoms with E-state index in [1.165, 1.54) is 25.7 Å². The highest BCUT2D eigenvalue weighted by Crippen LogP contribution is 2.66. The van der Waals surface area contributed by atoms with Crippen LogP contribution in [0.4, 0.5) is 11.4 Å². The molecule has 2 atom stereocenters. The molecule has 1 aromatic carbocycles. The van der Waals surface area contributed by atoms with E-state index in [9.17, 15) is 8.42 Å². The maximum atomic E-state index is 10.6. The number of hydrogen-bond acceptors (Lipinski definition) is 4. The first-order chi connectivity index (χ1) is 11.1. The maximum Gasteiger partial charge on any atom is 0.201 e. The van der Waals surface area contributed by atoms with E-state index in [0.29, 0.717) is 18.4 Å². The number of benzene rings is 1. The van der Waals surface area contributed by atoms with E-state index in [2.05, 4.69) is 15.7 Å². The van der Waals surface area contributed by atoms with Crippen molar-refractivity contribution in [3.63, 3.8) is 0 Å². The summed E-state index contributed by atoms with van der Waals surface area (Å²) in [5.74, 6) is 1.69. The van der Waals surface area contributed by atoms with E-state index in [1.54, 1.807) is 0 Å². The van der Waals surface area contributed by atoms with E-state index >= 15 is 0 Å². The maximum absolute atomic E-state index is 10.6. The molecule has 1 heterocycles.